The highest BCUT2D eigenvalue weighted by Crippen LogP contribution is 2.31. The van der Waals surface area contributed by atoms with Gasteiger partial charge in [-0.1, -0.05) is 84.3 Å². The SMILES string of the molecule is CNC(=O)C(=O)C(CCCCC1CCC1)NC(=O)[C@@H]1CCCN1C(=O)[C@@H](NC(=O)N[C@H](C[NH2+]CCN(C)[SH+](C)=O)C(C)(C)C)C(C)(C)C. The number of ketones is 1. The Hall–Kier alpha value is -2.58. The highest BCUT2D eigenvalue weighted by molar-refractivity contribution is 7.81. The van der Waals surface area contributed by atoms with Crippen molar-refractivity contribution in [3.8, 4) is 0 Å². The van der Waals surface area contributed by atoms with E-state index >= 15 is 0 Å². The highest BCUT2D eigenvalue weighted by atomic mass is 32.2. The number of urea groups is 1. The second-order valence-corrected chi connectivity index (χ2v) is 17.4. The molecule has 48 heavy (non-hydrogen) atoms. The maximum atomic E-state index is 14.1. The van der Waals surface area contributed by atoms with Crippen molar-refractivity contribution in [1.29, 1.82) is 0 Å². The molecule has 14 heteroatoms. The smallest absolute Gasteiger partial charge is 0.315 e. The molecule has 0 radical (unpaired) electrons. The Kier molecular flexibility index (Phi) is 16.4. The van der Waals surface area contributed by atoms with Gasteiger partial charge >= 0.3 is 6.03 Å². The summed E-state index contributed by atoms with van der Waals surface area (Å²) in [5.74, 6) is -1.52. The number of quaternary nitrogens is 1. The second-order valence-electron chi connectivity index (χ2n) is 15.8. The van der Waals surface area contributed by atoms with E-state index in [9.17, 15) is 28.2 Å². The van der Waals surface area contributed by atoms with Gasteiger partial charge in [0.1, 0.15) is 29.3 Å². The van der Waals surface area contributed by atoms with Crippen LogP contribution in [0, 0.1) is 16.7 Å². The zero-order valence-corrected chi connectivity index (χ0v) is 31.8. The molecule has 0 bridgehead atoms. The number of thiol groups is 1. The molecule has 13 nitrogen and oxygen atoms in total. The second kappa shape index (κ2) is 19.0. The third-order valence-corrected chi connectivity index (χ3v) is 10.9. The van der Waals surface area contributed by atoms with Gasteiger partial charge in [-0.2, -0.15) is 0 Å². The predicted molar refractivity (Wildman–Crippen MR) is 189 cm³/mol. The quantitative estimate of drug-likeness (QED) is 0.0618. The molecule has 2 aliphatic rings. The van der Waals surface area contributed by atoms with E-state index in [1.54, 1.807) is 10.6 Å². The zero-order valence-electron chi connectivity index (χ0n) is 30.9. The van der Waals surface area contributed by atoms with Crippen molar-refractivity contribution in [2.75, 3.05) is 46.5 Å². The number of nitrogens with one attached hydrogen (secondary N) is 4. The van der Waals surface area contributed by atoms with Crippen LogP contribution in [0.2, 0.25) is 0 Å². The van der Waals surface area contributed by atoms with Gasteiger partial charge in [-0.15, -0.1) is 4.31 Å². The molecule has 2 fully saturated rings. The van der Waals surface area contributed by atoms with E-state index in [0.29, 0.717) is 45.3 Å². The number of likely N-dealkylation sites (N-methyl/N-ethyl adjacent to an activating group) is 2. The summed E-state index contributed by atoms with van der Waals surface area (Å²) in [5.41, 5.74) is -0.935. The Morgan fingerprint density at radius 2 is 1.60 bits per heavy atom. The fraction of sp³-hybridized carbons (Fsp3) is 0.853. The third kappa shape index (κ3) is 13.0. The van der Waals surface area contributed by atoms with Crippen LogP contribution in [-0.4, -0.2) is 109 Å². The molecule has 276 valence electrons. The normalized spacial score (nSPS) is 19.5. The monoisotopic (exact) mass is 699 g/mol. The molecule has 6 N–H and O–H groups in total. The molecular formula is C34H65N7O6S+2. The number of hydrogen-bond donors (Lipinski definition) is 5. The number of hydrogen-bond acceptors (Lipinski definition) is 6. The maximum Gasteiger partial charge on any atom is 0.315 e. The van der Waals surface area contributed by atoms with Crippen molar-refractivity contribution in [3.63, 3.8) is 0 Å². The molecule has 1 saturated carbocycles. The molecule has 2 unspecified atom stereocenters. The van der Waals surface area contributed by atoms with Crippen LogP contribution >= 0.6 is 0 Å². The maximum absolute atomic E-state index is 14.1. The fourth-order valence-electron chi connectivity index (χ4n) is 6.16. The lowest BCUT2D eigenvalue weighted by molar-refractivity contribution is -0.657. The lowest BCUT2D eigenvalue weighted by Crippen LogP contribution is -2.89. The van der Waals surface area contributed by atoms with Crippen molar-refractivity contribution in [3.05, 3.63) is 0 Å². The Bertz CT molecular complexity index is 1130. The standard InChI is InChI=1S/C34H63N7O6S/c1-33(2,3)26(22-36-19-21-40(8)48(9)47)38-32(46)39-28(34(4,5)6)31(45)41-20-13-18-25(41)29(43)37-24(27(42)30(44)35-7)17-11-10-14-23-15-12-16-23/h23-26,28,36H,10-22H2,1-9H3,(H,35,44)(H,37,43)(H2,38,39,46)/p+2/t24?,25-,26+,28+,48?/m0/s1. The molecule has 5 amide bonds. The van der Waals surface area contributed by atoms with Crippen LogP contribution in [0.4, 0.5) is 4.79 Å². The first kappa shape index (κ1) is 41.6. The van der Waals surface area contributed by atoms with Gasteiger partial charge in [-0.05, 0) is 36.0 Å². The van der Waals surface area contributed by atoms with Crippen molar-refractivity contribution in [2.24, 2.45) is 16.7 Å². The van der Waals surface area contributed by atoms with Gasteiger partial charge in [-0.25, -0.2) is 4.79 Å². The Balaban J connectivity index is 2.09. The number of unbranched alkanes of at least 4 members (excludes halogenated alkanes) is 1. The summed E-state index contributed by atoms with van der Waals surface area (Å²) in [5, 5.41) is 13.2. The van der Waals surface area contributed by atoms with E-state index in [-0.39, 0.29) is 17.4 Å². The summed E-state index contributed by atoms with van der Waals surface area (Å²) in [6.45, 7) is 14.0. The molecule has 0 aromatic carbocycles. The molecule has 1 aliphatic heterocycles. The molecule has 1 aliphatic carbocycles. The zero-order chi connectivity index (χ0) is 36.2. The minimum absolute atomic E-state index is 0.220. The summed E-state index contributed by atoms with van der Waals surface area (Å²) in [4.78, 5) is 67.8. The van der Waals surface area contributed by atoms with Gasteiger partial charge in [0.05, 0.1) is 31.7 Å². The average Bonchev–Trinajstić information content (AvgIpc) is 3.47. The van der Waals surface area contributed by atoms with Gasteiger partial charge in [0.15, 0.2) is 0 Å². The number of Topliss-reactive ketones (excluding diaryl/α,β-unsaturated/α-hetero) is 1. The number of amides is 5. The molecule has 1 heterocycles. The summed E-state index contributed by atoms with van der Waals surface area (Å²) < 4.78 is 13.5. The van der Waals surface area contributed by atoms with Crippen LogP contribution in [0.15, 0.2) is 0 Å². The van der Waals surface area contributed by atoms with Crippen LogP contribution < -0.4 is 26.6 Å². The molecule has 0 aromatic rings. The minimum atomic E-state index is -1.39. The van der Waals surface area contributed by atoms with Crippen molar-refractivity contribution in [1.82, 2.24) is 30.5 Å². The summed E-state index contributed by atoms with van der Waals surface area (Å²) in [6.07, 6.45) is 9.55. The van der Waals surface area contributed by atoms with Crippen LogP contribution in [0.1, 0.15) is 99.3 Å². The molecule has 0 spiro atoms. The van der Waals surface area contributed by atoms with Crippen LogP contribution in [0.3, 0.4) is 0 Å². The first-order valence-electron chi connectivity index (χ1n) is 17.7. The molecule has 0 aromatic heterocycles. The van der Waals surface area contributed by atoms with Crippen LogP contribution in [-0.2, 0) is 34.4 Å². The number of nitrogens with two attached hydrogens (primary N) is 1. The Morgan fingerprint density at radius 3 is 2.15 bits per heavy atom. The van der Waals surface area contributed by atoms with E-state index in [1.165, 1.54) is 31.2 Å². The van der Waals surface area contributed by atoms with Gasteiger partial charge in [0, 0.05) is 20.6 Å². The lowest BCUT2D eigenvalue weighted by Gasteiger charge is -2.37. The molecule has 5 atom stereocenters. The van der Waals surface area contributed by atoms with E-state index in [1.807, 2.05) is 48.6 Å². The van der Waals surface area contributed by atoms with Gasteiger partial charge in [0.2, 0.25) is 17.6 Å². The fourth-order valence-corrected chi connectivity index (χ4v) is 6.56. The molecular weight excluding hydrogens is 634 g/mol. The number of likely N-dealkylation sites (tertiary alicyclic amines) is 1. The van der Waals surface area contributed by atoms with E-state index in [4.69, 9.17) is 0 Å². The topological polar surface area (TPSA) is 174 Å². The average molecular weight is 700 g/mol. The van der Waals surface area contributed by atoms with Crippen LogP contribution in [0.25, 0.3) is 0 Å². The molecule has 2 rings (SSSR count). The molecule has 1 saturated heterocycles. The highest BCUT2D eigenvalue weighted by Gasteiger charge is 2.43. The van der Waals surface area contributed by atoms with Gasteiger partial charge in [0.25, 0.3) is 5.91 Å². The number of rotatable bonds is 18. The van der Waals surface area contributed by atoms with E-state index < -0.39 is 58.2 Å². The van der Waals surface area contributed by atoms with Crippen LogP contribution in [0.5, 0.6) is 0 Å². The predicted octanol–water partition coefficient (Wildman–Crippen LogP) is 1.00. The number of carbonyl (C=O) groups is 5. The van der Waals surface area contributed by atoms with Gasteiger partial charge in [-0.3, -0.25) is 19.2 Å². The summed E-state index contributed by atoms with van der Waals surface area (Å²) in [7, 11) is 1.81. The van der Waals surface area contributed by atoms with Crippen molar-refractivity contribution < 1.29 is 33.5 Å². The lowest BCUT2D eigenvalue weighted by atomic mass is 9.81. The summed E-state index contributed by atoms with van der Waals surface area (Å²) >= 11 is 0. The van der Waals surface area contributed by atoms with Gasteiger partial charge < -0.3 is 31.5 Å². The number of nitrogens with zero attached hydrogens (tertiary/aromatic N) is 2. The van der Waals surface area contributed by atoms with Crippen molar-refractivity contribution >= 4 is 40.5 Å². The number of carbonyl (C=O) groups excluding carboxylic acids is 5. The first-order valence-corrected chi connectivity index (χ1v) is 19.4. The minimum Gasteiger partial charge on any atom is -0.353 e. The summed E-state index contributed by atoms with van der Waals surface area (Å²) in [6, 6.07) is -3.38. The third-order valence-electron chi connectivity index (χ3n) is 9.78. The van der Waals surface area contributed by atoms with Crippen molar-refractivity contribution in [2.45, 2.75) is 123 Å². The Labute approximate surface area is 290 Å². The Morgan fingerprint density at radius 1 is 0.938 bits per heavy atom. The first-order chi connectivity index (χ1) is 22.4. The largest absolute Gasteiger partial charge is 0.353 e. The van der Waals surface area contributed by atoms with E-state index in [0.717, 1.165) is 25.3 Å². The van der Waals surface area contributed by atoms with E-state index in [2.05, 4.69) is 26.6 Å².